The number of sulfone groups is 1. The minimum absolute atomic E-state index is 0.191. The van der Waals surface area contributed by atoms with Gasteiger partial charge < -0.3 is 0 Å². The van der Waals surface area contributed by atoms with Crippen molar-refractivity contribution >= 4 is 15.6 Å². The van der Waals surface area contributed by atoms with Crippen LogP contribution in [0, 0.1) is 5.92 Å². The van der Waals surface area contributed by atoms with E-state index in [0.717, 1.165) is 24.8 Å². The van der Waals surface area contributed by atoms with Crippen LogP contribution < -0.4 is 0 Å². The standard InChI is InChI=1S/C15H20O3S/c1-3-11(2)15(16)10-19(17,18)14-8-7-12-5-4-6-13(12)9-14/h7-9,11H,3-6,10H2,1-2H3. The zero-order valence-electron chi connectivity index (χ0n) is 11.5. The van der Waals surface area contributed by atoms with Crippen molar-refractivity contribution in [3.8, 4) is 0 Å². The number of ketones is 1. The third-order valence-corrected chi connectivity index (χ3v) is 5.56. The topological polar surface area (TPSA) is 51.2 Å². The Morgan fingerprint density at radius 1 is 1.26 bits per heavy atom. The molecule has 1 unspecified atom stereocenters. The number of rotatable bonds is 5. The van der Waals surface area contributed by atoms with Crippen LogP contribution in [-0.2, 0) is 27.5 Å². The van der Waals surface area contributed by atoms with E-state index < -0.39 is 9.84 Å². The molecular formula is C15H20O3S. The summed E-state index contributed by atoms with van der Waals surface area (Å²) in [5.41, 5.74) is 2.37. The Kier molecular flexibility index (Phi) is 4.09. The number of hydrogen-bond donors (Lipinski definition) is 0. The highest BCUT2D eigenvalue weighted by molar-refractivity contribution is 7.92. The van der Waals surface area contributed by atoms with E-state index in [4.69, 9.17) is 0 Å². The molecular weight excluding hydrogens is 260 g/mol. The van der Waals surface area contributed by atoms with Crippen LogP contribution in [0.5, 0.6) is 0 Å². The lowest BCUT2D eigenvalue weighted by Gasteiger charge is -2.09. The smallest absolute Gasteiger partial charge is 0.185 e. The van der Waals surface area contributed by atoms with Gasteiger partial charge in [0.2, 0.25) is 0 Å². The number of hydrogen-bond acceptors (Lipinski definition) is 3. The Labute approximate surface area is 114 Å². The van der Waals surface area contributed by atoms with Gasteiger partial charge in [-0.2, -0.15) is 0 Å². The van der Waals surface area contributed by atoms with Crippen LogP contribution in [-0.4, -0.2) is 20.0 Å². The van der Waals surface area contributed by atoms with Gasteiger partial charge in [-0.1, -0.05) is 19.9 Å². The highest BCUT2D eigenvalue weighted by Crippen LogP contribution is 2.25. The van der Waals surface area contributed by atoms with E-state index in [0.29, 0.717) is 11.3 Å². The number of carbonyl (C=O) groups excluding carboxylic acids is 1. The number of Topliss-reactive ketones (excluding diaryl/α,β-unsaturated/α-hetero) is 1. The van der Waals surface area contributed by atoms with Crippen molar-refractivity contribution in [3.63, 3.8) is 0 Å². The Balaban J connectivity index is 2.23. The Morgan fingerprint density at radius 2 is 1.95 bits per heavy atom. The van der Waals surface area contributed by atoms with E-state index in [2.05, 4.69) is 0 Å². The number of fused-ring (bicyclic) bond motifs is 1. The van der Waals surface area contributed by atoms with Crippen molar-refractivity contribution in [1.82, 2.24) is 0 Å². The van der Waals surface area contributed by atoms with Gasteiger partial charge in [-0.15, -0.1) is 0 Å². The molecule has 1 aliphatic rings. The molecule has 19 heavy (non-hydrogen) atoms. The Hall–Kier alpha value is -1.16. The van der Waals surface area contributed by atoms with Crippen LogP contribution in [0.1, 0.15) is 37.8 Å². The van der Waals surface area contributed by atoms with Crippen LogP contribution in [0.15, 0.2) is 23.1 Å². The van der Waals surface area contributed by atoms with Crippen LogP contribution in [0.25, 0.3) is 0 Å². The second-order valence-electron chi connectivity index (χ2n) is 5.32. The number of aryl methyl sites for hydroxylation is 2. The summed E-state index contributed by atoms with van der Waals surface area (Å²) in [5, 5.41) is 0. The lowest BCUT2D eigenvalue weighted by atomic mass is 10.1. The average Bonchev–Trinajstić information content (AvgIpc) is 2.84. The molecule has 1 aromatic rings. The largest absolute Gasteiger partial charge is 0.298 e. The molecule has 1 atom stereocenters. The Bertz CT molecular complexity index is 587. The third kappa shape index (κ3) is 3.06. The van der Waals surface area contributed by atoms with Crippen LogP contribution in [0.4, 0.5) is 0 Å². The van der Waals surface area contributed by atoms with E-state index in [-0.39, 0.29) is 17.5 Å². The molecule has 0 spiro atoms. The van der Waals surface area contributed by atoms with E-state index in [9.17, 15) is 13.2 Å². The predicted octanol–water partition coefficient (Wildman–Crippen LogP) is 2.56. The highest BCUT2D eigenvalue weighted by Gasteiger charge is 2.23. The predicted molar refractivity (Wildman–Crippen MR) is 75.0 cm³/mol. The molecule has 1 aromatic carbocycles. The van der Waals surface area contributed by atoms with Crippen molar-refractivity contribution < 1.29 is 13.2 Å². The molecule has 0 aliphatic heterocycles. The molecule has 0 N–H and O–H groups in total. The van der Waals surface area contributed by atoms with Gasteiger partial charge >= 0.3 is 0 Å². The minimum atomic E-state index is -3.49. The molecule has 0 aromatic heterocycles. The van der Waals surface area contributed by atoms with Crippen LogP contribution in [0.3, 0.4) is 0 Å². The summed E-state index contributed by atoms with van der Waals surface area (Å²) in [6, 6.07) is 5.29. The summed E-state index contributed by atoms with van der Waals surface area (Å²) in [6.07, 6.45) is 3.74. The third-order valence-electron chi connectivity index (χ3n) is 3.92. The van der Waals surface area contributed by atoms with E-state index in [1.54, 1.807) is 19.1 Å². The second kappa shape index (κ2) is 5.45. The lowest BCUT2D eigenvalue weighted by molar-refractivity contribution is -0.119. The summed E-state index contributed by atoms with van der Waals surface area (Å²) < 4.78 is 24.5. The van der Waals surface area contributed by atoms with Gasteiger partial charge in [-0.25, -0.2) is 8.42 Å². The summed E-state index contributed by atoms with van der Waals surface area (Å²) in [5.74, 6) is -0.756. The van der Waals surface area contributed by atoms with E-state index >= 15 is 0 Å². The highest BCUT2D eigenvalue weighted by atomic mass is 32.2. The maximum absolute atomic E-state index is 12.2. The normalized spacial score (nSPS) is 16.1. The first-order valence-electron chi connectivity index (χ1n) is 6.81. The summed E-state index contributed by atoms with van der Waals surface area (Å²) in [7, 11) is -3.49. The van der Waals surface area contributed by atoms with E-state index in [1.165, 1.54) is 5.56 Å². The lowest BCUT2D eigenvalue weighted by Crippen LogP contribution is -2.21. The molecule has 4 heteroatoms. The van der Waals surface area contributed by atoms with E-state index in [1.807, 2.05) is 13.0 Å². The van der Waals surface area contributed by atoms with Crippen molar-refractivity contribution in [1.29, 1.82) is 0 Å². The average molecular weight is 280 g/mol. The maximum Gasteiger partial charge on any atom is 0.185 e. The molecule has 0 fully saturated rings. The van der Waals surface area contributed by atoms with Gasteiger partial charge in [0.05, 0.1) is 4.90 Å². The zero-order chi connectivity index (χ0) is 14.0. The second-order valence-corrected chi connectivity index (χ2v) is 7.31. The first-order valence-corrected chi connectivity index (χ1v) is 8.46. The summed E-state index contributed by atoms with van der Waals surface area (Å²) in [4.78, 5) is 12.1. The molecule has 0 heterocycles. The first-order chi connectivity index (χ1) is 8.94. The van der Waals surface area contributed by atoms with Gasteiger partial charge in [0, 0.05) is 5.92 Å². The van der Waals surface area contributed by atoms with Crippen molar-refractivity contribution in [2.75, 3.05) is 5.75 Å². The maximum atomic E-state index is 12.2. The summed E-state index contributed by atoms with van der Waals surface area (Å²) in [6.45, 7) is 3.67. The van der Waals surface area contributed by atoms with Gasteiger partial charge in [0.15, 0.2) is 15.6 Å². The number of carbonyl (C=O) groups is 1. The molecule has 0 bridgehead atoms. The van der Waals surface area contributed by atoms with Gasteiger partial charge in [-0.05, 0) is 48.9 Å². The Morgan fingerprint density at radius 3 is 2.63 bits per heavy atom. The fourth-order valence-electron chi connectivity index (χ4n) is 2.38. The van der Waals surface area contributed by atoms with Gasteiger partial charge in [0.25, 0.3) is 0 Å². The molecule has 2 rings (SSSR count). The van der Waals surface area contributed by atoms with Gasteiger partial charge in [0.1, 0.15) is 5.75 Å². The molecule has 0 saturated heterocycles. The number of benzene rings is 1. The fraction of sp³-hybridized carbons (Fsp3) is 0.533. The monoisotopic (exact) mass is 280 g/mol. The quantitative estimate of drug-likeness (QED) is 0.833. The van der Waals surface area contributed by atoms with Gasteiger partial charge in [-0.3, -0.25) is 4.79 Å². The molecule has 0 amide bonds. The fourth-order valence-corrected chi connectivity index (χ4v) is 3.81. The zero-order valence-corrected chi connectivity index (χ0v) is 12.3. The molecule has 1 aliphatic carbocycles. The molecule has 104 valence electrons. The summed E-state index contributed by atoms with van der Waals surface area (Å²) >= 11 is 0. The van der Waals surface area contributed by atoms with Crippen molar-refractivity contribution in [3.05, 3.63) is 29.3 Å². The molecule has 0 radical (unpaired) electrons. The first kappa shape index (κ1) is 14.3. The van der Waals surface area contributed by atoms with Crippen molar-refractivity contribution in [2.45, 2.75) is 44.4 Å². The molecule has 3 nitrogen and oxygen atoms in total. The van der Waals surface area contributed by atoms with Crippen molar-refractivity contribution in [2.24, 2.45) is 5.92 Å². The SMILES string of the molecule is CCC(C)C(=O)CS(=O)(=O)c1ccc2c(c1)CCC2. The molecule has 0 saturated carbocycles. The van der Waals surface area contributed by atoms with Crippen LogP contribution in [0.2, 0.25) is 0 Å². The minimum Gasteiger partial charge on any atom is -0.298 e. The van der Waals surface area contributed by atoms with Crippen LogP contribution >= 0.6 is 0 Å².